The first kappa shape index (κ1) is 22.1. The van der Waals surface area contributed by atoms with Crippen LogP contribution in [0.25, 0.3) is 0 Å². The van der Waals surface area contributed by atoms with E-state index in [9.17, 15) is 4.79 Å². The molecular formula is C22H37N7O2. The summed E-state index contributed by atoms with van der Waals surface area (Å²) in [5.74, 6) is 1.98. The van der Waals surface area contributed by atoms with Crippen molar-refractivity contribution in [1.29, 1.82) is 0 Å². The van der Waals surface area contributed by atoms with Gasteiger partial charge in [-0.1, -0.05) is 13.3 Å². The van der Waals surface area contributed by atoms with Crippen LogP contribution < -0.4 is 20.7 Å². The van der Waals surface area contributed by atoms with Crippen LogP contribution in [-0.4, -0.2) is 84.6 Å². The summed E-state index contributed by atoms with van der Waals surface area (Å²) in [7, 11) is 0. The third-order valence-corrected chi connectivity index (χ3v) is 6.46. The van der Waals surface area contributed by atoms with E-state index in [1.807, 2.05) is 4.90 Å². The van der Waals surface area contributed by atoms with E-state index in [0.717, 1.165) is 51.0 Å². The van der Waals surface area contributed by atoms with Crippen LogP contribution in [0, 0.1) is 5.92 Å². The molecule has 0 amide bonds. The molecule has 1 saturated heterocycles. The fourth-order valence-corrected chi connectivity index (χ4v) is 4.35. The number of piperazine rings is 1. The van der Waals surface area contributed by atoms with Crippen LogP contribution in [0.4, 0.5) is 17.3 Å². The zero-order valence-electron chi connectivity index (χ0n) is 18.8. The molecule has 9 nitrogen and oxygen atoms in total. The standard InChI is InChI=1S/C22H37N7O2/c1-2-3-14-31-22-25-20(23)19-21(26-22)29(18(16-30)24-19)9-5-4-8-27-10-12-28(13-11-27)15-17-6-7-17/h16-18,24H,2-15H2,1H3,(H2,23,25,26). The molecule has 1 atom stereocenters. The van der Waals surface area contributed by atoms with E-state index >= 15 is 0 Å². The first-order chi connectivity index (χ1) is 15.2. The third kappa shape index (κ3) is 5.77. The molecule has 172 valence electrons. The van der Waals surface area contributed by atoms with E-state index in [-0.39, 0.29) is 6.01 Å². The smallest absolute Gasteiger partial charge is 0.320 e. The normalized spacial score (nSPS) is 21.7. The number of rotatable bonds is 12. The van der Waals surface area contributed by atoms with Crippen molar-refractivity contribution >= 4 is 23.6 Å². The minimum absolute atomic E-state index is 0.284. The number of fused-ring (bicyclic) bond motifs is 1. The quantitative estimate of drug-likeness (QED) is 0.379. The van der Waals surface area contributed by atoms with Gasteiger partial charge in [0.15, 0.2) is 24.1 Å². The molecule has 1 unspecified atom stereocenters. The van der Waals surface area contributed by atoms with Gasteiger partial charge in [-0.05, 0) is 44.6 Å². The van der Waals surface area contributed by atoms with Crippen molar-refractivity contribution < 1.29 is 9.53 Å². The maximum Gasteiger partial charge on any atom is 0.320 e. The summed E-state index contributed by atoms with van der Waals surface area (Å²) in [5.41, 5.74) is 6.74. The zero-order chi connectivity index (χ0) is 21.6. The summed E-state index contributed by atoms with van der Waals surface area (Å²) in [4.78, 5) is 27.6. The maximum absolute atomic E-state index is 11.6. The van der Waals surface area contributed by atoms with Gasteiger partial charge in [0, 0.05) is 39.3 Å². The van der Waals surface area contributed by atoms with E-state index in [1.165, 1.54) is 45.6 Å². The van der Waals surface area contributed by atoms with Gasteiger partial charge in [0.1, 0.15) is 5.69 Å². The Labute approximate surface area is 185 Å². The van der Waals surface area contributed by atoms with Crippen LogP contribution in [0.2, 0.25) is 0 Å². The van der Waals surface area contributed by atoms with Crippen LogP contribution in [0.3, 0.4) is 0 Å². The molecule has 3 N–H and O–H groups in total. The van der Waals surface area contributed by atoms with Crippen LogP contribution in [0.5, 0.6) is 6.01 Å². The molecule has 1 saturated carbocycles. The van der Waals surface area contributed by atoms with Gasteiger partial charge in [0.2, 0.25) is 0 Å². The van der Waals surface area contributed by atoms with Crippen LogP contribution in [-0.2, 0) is 4.79 Å². The lowest BCUT2D eigenvalue weighted by atomic mass is 10.2. The molecule has 0 radical (unpaired) electrons. The number of ether oxygens (including phenoxy) is 1. The Balaban J connectivity index is 1.25. The third-order valence-electron chi connectivity index (χ3n) is 6.46. The predicted molar refractivity (Wildman–Crippen MR) is 123 cm³/mol. The second-order valence-electron chi connectivity index (χ2n) is 9.00. The van der Waals surface area contributed by atoms with E-state index in [1.54, 1.807) is 0 Å². The van der Waals surface area contributed by atoms with Gasteiger partial charge in [0.25, 0.3) is 0 Å². The summed E-state index contributed by atoms with van der Waals surface area (Å²) in [6.07, 6.45) is 7.37. The first-order valence-electron chi connectivity index (χ1n) is 11.9. The van der Waals surface area contributed by atoms with Gasteiger partial charge in [0.05, 0.1) is 6.61 Å². The lowest BCUT2D eigenvalue weighted by molar-refractivity contribution is -0.108. The van der Waals surface area contributed by atoms with Gasteiger partial charge in [-0.25, -0.2) is 0 Å². The average molecular weight is 432 g/mol. The molecule has 31 heavy (non-hydrogen) atoms. The van der Waals surface area contributed by atoms with E-state index < -0.39 is 6.17 Å². The highest BCUT2D eigenvalue weighted by Crippen LogP contribution is 2.37. The lowest BCUT2D eigenvalue weighted by Crippen LogP contribution is -2.47. The summed E-state index contributed by atoms with van der Waals surface area (Å²) >= 11 is 0. The number of carbonyl (C=O) groups is 1. The SMILES string of the molecule is CCCCOc1nc(N)c2c(n1)N(CCCCN1CCN(CC3CC3)CC1)C(C=O)N2. The summed E-state index contributed by atoms with van der Waals surface area (Å²) in [6, 6.07) is 0.284. The number of nitrogens with one attached hydrogen (secondary N) is 1. The summed E-state index contributed by atoms with van der Waals surface area (Å²) in [5, 5.41) is 3.15. The number of unbranched alkanes of at least 4 members (excludes halogenated alkanes) is 2. The second-order valence-corrected chi connectivity index (χ2v) is 9.00. The van der Waals surface area contributed by atoms with E-state index in [0.29, 0.717) is 23.9 Å². The molecule has 2 fully saturated rings. The molecule has 0 spiro atoms. The molecule has 3 aliphatic rings. The number of aldehydes is 1. The van der Waals surface area contributed by atoms with Gasteiger partial charge < -0.3 is 30.5 Å². The molecule has 0 aromatic carbocycles. The zero-order valence-corrected chi connectivity index (χ0v) is 18.8. The minimum atomic E-state index is -0.455. The molecule has 0 bridgehead atoms. The van der Waals surface area contributed by atoms with Gasteiger partial charge in [-0.2, -0.15) is 9.97 Å². The number of nitrogens with zero attached hydrogens (tertiary/aromatic N) is 5. The van der Waals surface area contributed by atoms with E-state index in [4.69, 9.17) is 10.5 Å². The molecular weight excluding hydrogens is 394 g/mol. The number of anilines is 3. The monoisotopic (exact) mass is 431 g/mol. The molecule has 1 aromatic rings. The van der Waals surface area contributed by atoms with Gasteiger partial charge >= 0.3 is 6.01 Å². The maximum atomic E-state index is 11.6. The number of carbonyl (C=O) groups excluding carboxylic acids is 1. The first-order valence-corrected chi connectivity index (χ1v) is 11.9. The van der Waals surface area contributed by atoms with Crippen LogP contribution in [0.1, 0.15) is 45.4 Å². The van der Waals surface area contributed by atoms with Gasteiger partial charge in [-0.3, -0.25) is 4.79 Å². The number of hydrogen-bond donors (Lipinski definition) is 2. The highest BCUT2D eigenvalue weighted by atomic mass is 16.5. The van der Waals surface area contributed by atoms with Crippen LogP contribution in [0.15, 0.2) is 0 Å². The summed E-state index contributed by atoms with van der Waals surface area (Å²) in [6.45, 7) is 10.6. The Bertz CT molecular complexity index is 735. The van der Waals surface area contributed by atoms with E-state index in [2.05, 4.69) is 32.0 Å². The Morgan fingerprint density at radius 1 is 1.10 bits per heavy atom. The Hall–Kier alpha value is -2.13. The average Bonchev–Trinajstić information content (AvgIpc) is 3.52. The van der Waals surface area contributed by atoms with Crippen molar-refractivity contribution in [3.63, 3.8) is 0 Å². The van der Waals surface area contributed by atoms with Crippen molar-refractivity contribution in [2.24, 2.45) is 5.92 Å². The summed E-state index contributed by atoms with van der Waals surface area (Å²) < 4.78 is 5.66. The molecule has 3 heterocycles. The lowest BCUT2D eigenvalue weighted by Gasteiger charge is -2.34. The number of hydrogen-bond acceptors (Lipinski definition) is 9. The molecule has 2 aliphatic heterocycles. The molecule has 4 rings (SSSR count). The largest absolute Gasteiger partial charge is 0.463 e. The Morgan fingerprint density at radius 3 is 2.55 bits per heavy atom. The fraction of sp³-hybridized carbons (Fsp3) is 0.773. The molecule has 1 aromatic heterocycles. The number of nitrogens with two attached hydrogens (primary N) is 1. The number of aromatic nitrogens is 2. The highest BCUT2D eigenvalue weighted by Gasteiger charge is 2.32. The van der Waals surface area contributed by atoms with Crippen LogP contribution >= 0.6 is 0 Å². The highest BCUT2D eigenvalue weighted by molar-refractivity contribution is 5.87. The Morgan fingerprint density at radius 2 is 1.84 bits per heavy atom. The topological polar surface area (TPSA) is 99.8 Å². The molecule has 9 heteroatoms. The number of nitrogen functional groups attached to an aromatic ring is 1. The second kappa shape index (κ2) is 10.5. The Kier molecular flexibility index (Phi) is 7.45. The van der Waals surface area contributed by atoms with Gasteiger partial charge in [-0.15, -0.1) is 0 Å². The predicted octanol–water partition coefficient (Wildman–Crippen LogP) is 1.80. The van der Waals surface area contributed by atoms with Crippen molar-refractivity contribution in [3.05, 3.63) is 0 Å². The van der Waals surface area contributed by atoms with Crippen molar-refractivity contribution in [2.45, 2.75) is 51.6 Å². The van der Waals surface area contributed by atoms with Crippen molar-refractivity contribution in [3.8, 4) is 6.01 Å². The molecule has 1 aliphatic carbocycles. The minimum Gasteiger partial charge on any atom is -0.463 e. The van der Waals surface area contributed by atoms with Crippen molar-refractivity contribution in [1.82, 2.24) is 19.8 Å². The fourth-order valence-electron chi connectivity index (χ4n) is 4.35. The van der Waals surface area contributed by atoms with Crippen molar-refractivity contribution in [2.75, 3.05) is 68.4 Å².